The number of carbonyl (C=O) groups excluding carboxylic acids is 3. The predicted octanol–water partition coefficient (Wildman–Crippen LogP) is 6.56. The lowest BCUT2D eigenvalue weighted by atomic mass is 9.82. The van der Waals surface area contributed by atoms with E-state index in [0.29, 0.717) is 56.1 Å². The van der Waals surface area contributed by atoms with Gasteiger partial charge in [-0.2, -0.15) is 5.10 Å². The molecule has 2 aromatic carbocycles. The Morgan fingerprint density at radius 2 is 1.47 bits per heavy atom. The highest BCUT2D eigenvalue weighted by Crippen LogP contribution is 2.32. The highest BCUT2D eigenvalue weighted by molar-refractivity contribution is 6.01. The van der Waals surface area contributed by atoms with Gasteiger partial charge in [0.15, 0.2) is 0 Å². The summed E-state index contributed by atoms with van der Waals surface area (Å²) in [5, 5.41) is 4.22. The first-order valence-corrected chi connectivity index (χ1v) is 14.6. The van der Waals surface area contributed by atoms with Gasteiger partial charge >= 0.3 is 17.9 Å². The molecule has 2 aromatic rings. The first-order valence-electron chi connectivity index (χ1n) is 14.6. The molecule has 234 valence electrons. The smallest absolute Gasteiger partial charge is 0.330 e. The highest BCUT2D eigenvalue weighted by atomic mass is 16.5. The molecule has 43 heavy (non-hydrogen) atoms. The number of hydrogen-bond acceptors (Lipinski definition) is 9. The Hall–Kier alpha value is -4.14. The largest absolute Gasteiger partial charge is 0.494 e. The minimum atomic E-state index is -0.392. The molecule has 9 heteroatoms. The Morgan fingerprint density at radius 1 is 0.884 bits per heavy atom. The van der Waals surface area contributed by atoms with Crippen LogP contribution in [0.3, 0.4) is 0 Å². The van der Waals surface area contributed by atoms with E-state index >= 15 is 0 Å². The molecule has 0 spiro atoms. The molecule has 0 bridgehead atoms. The van der Waals surface area contributed by atoms with Crippen molar-refractivity contribution in [3.8, 4) is 17.2 Å². The Morgan fingerprint density at radius 3 is 2.07 bits per heavy atom. The Bertz CT molecular complexity index is 1230. The van der Waals surface area contributed by atoms with E-state index in [2.05, 4.69) is 17.1 Å². The number of rotatable bonds is 15. The van der Waals surface area contributed by atoms with Crippen LogP contribution in [0, 0.1) is 18.8 Å². The lowest BCUT2D eigenvalue weighted by Gasteiger charge is -2.26. The standard InChI is InChI=1S/C33H42N2O7.CH4/c1-5-31(36)40-21-9-7-6-8-20-39-27-15-17-28(18-16-27)41-32(37)25-11-13-26(14-12-25)33(38)42-30-19-10-23(2)22-29(30)24(3)35-34-4;/h5,10,15-19,22,25-26,34H,1,6-9,11-14,20-21H2,2-4H3;1H4/b35-24+;. The first kappa shape index (κ1) is 35.1. The van der Waals surface area contributed by atoms with Gasteiger partial charge in [-0.25, -0.2) is 4.79 Å². The SMILES string of the molecule is C.C=CC(=O)OCCCCCCOc1ccc(OC(=O)C2CCC(C(=O)Oc3ccc(C)cc3/C(C)=N/NC)CC2)cc1. The van der Waals surface area contributed by atoms with E-state index in [1.807, 2.05) is 26.0 Å². The second kappa shape index (κ2) is 18.4. The van der Waals surface area contributed by atoms with E-state index in [1.54, 1.807) is 37.4 Å². The van der Waals surface area contributed by atoms with Crippen molar-refractivity contribution in [3.63, 3.8) is 0 Å². The van der Waals surface area contributed by atoms with E-state index in [4.69, 9.17) is 18.9 Å². The number of carbonyl (C=O) groups is 3. The van der Waals surface area contributed by atoms with Gasteiger partial charge in [-0.05, 0) is 102 Å². The minimum Gasteiger partial charge on any atom is -0.494 e. The van der Waals surface area contributed by atoms with Gasteiger partial charge in [0.2, 0.25) is 0 Å². The van der Waals surface area contributed by atoms with Crippen LogP contribution in [-0.4, -0.2) is 43.9 Å². The summed E-state index contributed by atoms with van der Waals surface area (Å²) >= 11 is 0. The Kier molecular flexibility index (Phi) is 15.0. The van der Waals surface area contributed by atoms with Crippen molar-refractivity contribution in [1.82, 2.24) is 5.43 Å². The molecule has 9 nitrogen and oxygen atoms in total. The van der Waals surface area contributed by atoms with Crippen molar-refractivity contribution < 1.29 is 33.3 Å². The molecular formula is C34H46N2O7. The summed E-state index contributed by atoms with van der Waals surface area (Å²) in [6.45, 7) is 8.18. The second-order valence-corrected chi connectivity index (χ2v) is 10.4. The summed E-state index contributed by atoms with van der Waals surface area (Å²) in [6.07, 6.45) is 7.05. The zero-order chi connectivity index (χ0) is 30.3. The molecule has 0 aromatic heterocycles. The summed E-state index contributed by atoms with van der Waals surface area (Å²) in [6, 6.07) is 12.7. The first-order chi connectivity index (χ1) is 20.3. The fourth-order valence-electron chi connectivity index (χ4n) is 4.78. The normalized spacial score (nSPS) is 16.3. The maximum Gasteiger partial charge on any atom is 0.330 e. The van der Waals surface area contributed by atoms with E-state index in [-0.39, 0.29) is 31.2 Å². The molecule has 1 N–H and O–H groups in total. The quantitative estimate of drug-likeness (QED) is 0.0616. The molecule has 0 aliphatic heterocycles. The van der Waals surface area contributed by atoms with Gasteiger partial charge in [-0.15, -0.1) is 0 Å². The molecule has 1 fully saturated rings. The highest BCUT2D eigenvalue weighted by Gasteiger charge is 2.32. The monoisotopic (exact) mass is 594 g/mol. The van der Waals surface area contributed by atoms with E-state index in [9.17, 15) is 14.4 Å². The Labute approximate surface area is 255 Å². The van der Waals surface area contributed by atoms with Gasteiger partial charge in [0.1, 0.15) is 17.2 Å². The molecule has 0 heterocycles. The number of aryl methyl sites for hydroxylation is 1. The van der Waals surface area contributed by atoms with Crippen LogP contribution in [-0.2, 0) is 19.1 Å². The van der Waals surface area contributed by atoms with Crippen LogP contribution in [0.4, 0.5) is 0 Å². The number of unbranched alkanes of at least 4 members (excludes halogenated alkanes) is 3. The van der Waals surface area contributed by atoms with Gasteiger partial charge in [0, 0.05) is 18.7 Å². The molecule has 0 radical (unpaired) electrons. The molecule has 1 aliphatic rings. The summed E-state index contributed by atoms with van der Waals surface area (Å²) in [5.41, 5.74) is 5.32. The fourth-order valence-corrected chi connectivity index (χ4v) is 4.78. The third-order valence-corrected chi connectivity index (χ3v) is 7.17. The number of nitrogens with zero attached hydrogens (tertiary/aromatic N) is 1. The average molecular weight is 595 g/mol. The topological polar surface area (TPSA) is 113 Å². The van der Waals surface area contributed by atoms with Crippen LogP contribution in [0.1, 0.15) is 76.8 Å². The van der Waals surface area contributed by atoms with Gasteiger partial charge < -0.3 is 24.4 Å². The van der Waals surface area contributed by atoms with Gasteiger partial charge in [-0.1, -0.05) is 25.6 Å². The molecule has 0 atom stereocenters. The Balaban J connectivity index is 0.00000645. The fraction of sp³-hybridized carbons (Fsp3) is 0.471. The molecule has 1 aliphatic carbocycles. The summed E-state index contributed by atoms with van der Waals surface area (Å²) in [7, 11) is 1.72. The minimum absolute atomic E-state index is 0. The molecule has 0 saturated heterocycles. The number of benzene rings is 2. The van der Waals surface area contributed by atoms with Crippen LogP contribution in [0.5, 0.6) is 17.2 Å². The van der Waals surface area contributed by atoms with Crippen LogP contribution < -0.4 is 19.6 Å². The van der Waals surface area contributed by atoms with Crippen molar-refractivity contribution in [3.05, 3.63) is 66.2 Å². The van der Waals surface area contributed by atoms with Crippen molar-refractivity contribution in [1.29, 1.82) is 0 Å². The second-order valence-electron chi connectivity index (χ2n) is 10.4. The van der Waals surface area contributed by atoms with Gasteiger partial charge in [-0.3, -0.25) is 9.59 Å². The number of hydrazone groups is 1. The van der Waals surface area contributed by atoms with E-state index < -0.39 is 5.97 Å². The average Bonchev–Trinajstić information content (AvgIpc) is 3.00. The number of esters is 3. The zero-order valence-corrected chi connectivity index (χ0v) is 24.9. The zero-order valence-electron chi connectivity index (χ0n) is 24.9. The van der Waals surface area contributed by atoms with Crippen molar-refractivity contribution >= 4 is 23.6 Å². The lowest BCUT2D eigenvalue weighted by molar-refractivity contribution is -0.145. The summed E-state index contributed by atoms with van der Waals surface area (Å²) in [4.78, 5) is 36.7. The number of ether oxygens (including phenoxy) is 4. The van der Waals surface area contributed by atoms with Gasteiger partial charge in [0.25, 0.3) is 0 Å². The van der Waals surface area contributed by atoms with Crippen molar-refractivity contribution in [2.24, 2.45) is 16.9 Å². The number of hydrogen-bond donors (Lipinski definition) is 1. The molecule has 3 rings (SSSR count). The van der Waals surface area contributed by atoms with Crippen molar-refractivity contribution in [2.45, 2.75) is 72.6 Å². The molecule has 0 unspecified atom stereocenters. The molecule has 1 saturated carbocycles. The summed E-state index contributed by atoms with van der Waals surface area (Å²) in [5.74, 6) is 0.173. The molecular weight excluding hydrogens is 548 g/mol. The van der Waals surface area contributed by atoms with Crippen LogP contribution in [0.25, 0.3) is 0 Å². The maximum absolute atomic E-state index is 12.9. The van der Waals surface area contributed by atoms with Crippen LogP contribution in [0.2, 0.25) is 0 Å². The van der Waals surface area contributed by atoms with E-state index in [1.165, 1.54) is 0 Å². The molecule has 0 amide bonds. The van der Waals surface area contributed by atoms with E-state index in [0.717, 1.165) is 48.6 Å². The predicted molar refractivity (Wildman–Crippen MR) is 167 cm³/mol. The van der Waals surface area contributed by atoms with Gasteiger partial charge in [0.05, 0.1) is 30.8 Å². The number of nitrogens with one attached hydrogen (secondary N) is 1. The van der Waals surface area contributed by atoms with Crippen LogP contribution >= 0.6 is 0 Å². The lowest BCUT2D eigenvalue weighted by Crippen LogP contribution is -2.30. The summed E-state index contributed by atoms with van der Waals surface area (Å²) < 4.78 is 22.1. The maximum atomic E-state index is 12.9. The van der Waals surface area contributed by atoms with Crippen molar-refractivity contribution in [2.75, 3.05) is 20.3 Å². The third-order valence-electron chi connectivity index (χ3n) is 7.17. The third kappa shape index (κ3) is 11.6. The van der Waals surface area contributed by atoms with Crippen LogP contribution in [0.15, 0.2) is 60.2 Å².